The molecular formula is C18H15ClFN5O2S. The Kier molecular flexibility index (Phi) is 5.19. The Morgan fingerprint density at radius 3 is 2.82 bits per heavy atom. The first-order chi connectivity index (χ1) is 13.6. The number of halogens is 2. The van der Waals surface area contributed by atoms with Crippen molar-refractivity contribution in [3.8, 4) is 23.0 Å². The van der Waals surface area contributed by atoms with Crippen molar-refractivity contribution in [2.24, 2.45) is 0 Å². The van der Waals surface area contributed by atoms with Gasteiger partial charge in [0.2, 0.25) is 5.89 Å². The lowest BCUT2D eigenvalue weighted by Crippen LogP contribution is -2.00. The Balaban J connectivity index is 1.58. The average molecular weight is 420 g/mol. The molecule has 0 aliphatic rings. The van der Waals surface area contributed by atoms with Crippen LogP contribution in [0, 0.1) is 5.82 Å². The SMILES string of the molecule is CCn1c(SC(C)c2nnc(-c3cc(Cl)ccc3F)o2)nnc1-c1ccco1. The first kappa shape index (κ1) is 18.7. The van der Waals surface area contributed by atoms with E-state index in [-0.39, 0.29) is 16.7 Å². The van der Waals surface area contributed by atoms with Gasteiger partial charge in [0.15, 0.2) is 16.7 Å². The standard InChI is InChI=1S/C18H15ClFN5O2S/c1-3-25-15(14-5-4-8-26-14)21-24-18(25)28-10(2)16-22-23-17(27-16)12-9-11(19)6-7-13(12)20/h4-10H,3H2,1-2H3. The minimum absolute atomic E-state index is 0.0793. The van der Waals surface area contributed by atoms with Crippen LogP contribution in [0.2, 0.25) is 5.02 Å². The second-order valence-electron chi connectivity index (χ2n) is 5.86. The minimum atomic E-state index is -0.478. The average Bonchev–Trinajstić information content (AvgIpc) is 3.43. The van der Waals surface area contributed by atoms with E-state index in [1.54, 1.807) is 12.3 Å². The third kappa shape index (κ3) is 3.55. The lowest BCUT2D eigenvalue weighted by atomic mass is 10.2. The summed E-state index contributed by atoms with van der Waals surface area (Å²) in [5, 5.41) is 17.3. The van der Waals surface area contributed by atoms with Gasteiger partial charge in [-0.25, -0.2) is 4.39 Å². The molecule has 7 nitrogen and oxygen atoms in total. The Bertz CT molecular complexity index is 1100. The van der Waals surface area contributed by atoms with Gasteiger partial charge in [0.25, 0.3) is 5.89 Å². The predicted molar refractivity (Wildman–Crippen MR) is 102 cm³/mol. The van der Waals surface area contributed by atoms with Gasteiger partial charge in [-0.3, -0.25) is 4.57 Å². The molecule has 0 radical (unpaired) electrons. The van der Waals surface area contributed by atoms with E-state index in [1.807, 2.05) is 24.5 Å². The zero-order valence-corrected chi connectivity index (χ0v) is 16.5. The Morgan fingerprint density at radius 2 is 2.07 bits per heavy atom. The lowest BCUT2D eigenvalue weighted by Gasteiger charge is -2.08. The zero-order valence-electron chi connectivity index (χ0n) is 15.0. The number of benzene rings is 1. The van der Waals surface area contributed by atoms with Gasteiger partial charge in [-0.1, -0.05) is 23.4 Å². The third-order valence-electron chi connectivity index (χ3n) is 4.00. The molecule has 0 N–H and O–H groups in total. The number of rotatable bonds is 6. The Hall–Kier alpha value is -2.65. The van der Waals surface area contributed by atoms with E-state index >= 15 is 0 Å². The summed E-state index contributed by atoms with van der Waals surface area (Å²) in [5.74, 6) is 1.24. The molecule has 0 bridgehead atoms. The summed E-state index contributed by atoms with van der Waals surface area (Å²) >= 11 is 7.35. The number of furan rings is 1. The van der Waals surface area contributed by atoms with E-state index in [1.165, 1.54) is 30.0 Å². The van der Waals surface area contributed by atoms with E-state index < -0.39 is 5.82 Å². The van der Waals surface area contributed by atoms with Crippen LogP contribution >= 0.6 is 23.4 Å². The molecule has 1 unspecified atom stereocenters. The first-order valence-corrected chi connectivity index (χ1v) is 9.75. The zero-order chi connectivity index (χ0) is 19.7. The van der Waals surface area contributed by atoms with Crippen molar-refractivity contribution in [1.82, 2.24) is 25.0 Å². The quantitative estimate of drug-likeness (QED) is 0.394. The maximum atomic E-state index is 14.0. The fourth-order valence-electron chi connectivity index (χ4n) is 2.63. The van der Waals surface area contributed by atoms with Gasteiger partial charge >= 0.3 is 0 Å². The van der Waals surface area contributed by atoms with Gasteiger partial charge in [0.1, 0.15) is 5.82 Å². The second-order valence-corrected chi connectivity index (χ2v) is 7.60. The summed E-state index contributed by atoms with van der Waals surface area (Å²) in [6, 6.07) is 7.81. The largest absolute Gasteiger partial charge is 0.461 e. The molecule has 0 aliphatic heterocycles. The van der Waals surface area contributed by atoms with Crippen molar-refractivity contribution in [3.63, 3.8) is 0 Å². The Labute approximate surface area is 168 Å². The molecule has 10 heteroatoms. The summed E-state index contributed by atoms with van der Waals surface area (Å²) in [7, 11) is 0. The molecule has 4 aromatic rings. The first-order valence-electron chi connectivity index (χ1n) is 8.49. The number of aromatic nitrogens is 5. The summed E-state index contributed by atoms with van der Waals surface area (Å²) in [6.07, 6.45) is 1.59. The highest BCUT2D eigenvalue weighted by atomic mass is 35.5. The smallest absolute Gasteiger partial charge is 0.250 e. The molecule has 28 heavy (non-hydrogen) atoms. The predicted octanol–water partition coefficient (Wildman–Crippen LogP) is 5.25. The van der Waals surface area contributed by atoms with Gasteiger partial charge in [0, 0.05) is 11.6 Å². The number of hydrogen-bond donors (Lipinski definition) is 0. The second kappa shape index (κ2) is 7.76. The van der Waals surface area contributed by atoms with Crippen LogP contribution in [0.15, 0.2) is 50.6 Å². The highest BCUT2D eigenvalue weighted by Gasteiger charge is 2.22. The summed E-state index contributed by atoms with van der Waals surface area (Å²) in [4.78, 5) is 0. The fourth-order valence-corrected chi connectivity index (χ4v) is 3.74. The maximum absolute atomic E-state index is 14.0. The molecular weight excluding hydrogens is 405 g/mol. The van der Waals surface area contributed by atoms with Crippen LogP contribution < -0.4 is 0 Å². The number of hydrogen-bond acceptors (Lipinski definition) is 7. The molecule has 0 spiro atoms. The van der Waals surface area contributed by atoms with E-state index in [2.05, 4.69) is 20.4 Å². The van der Waals surface area contributed by atoms with Gasteiger partial charge in [0.05, 0.1) is 17.1 Å². The summed E-state index contributed by atoms with van der Waals surface area (Å²) < 4.78 is 27.1. The molecule has 0 saturated carbocycles. The molecule has 1 aromatic carbocycles. The molecule has 0 aliphatic carbocycles. The van der Waals surface area contributed by atoms with Crippen molar-refractivity contribution >= 4 is 23.4 Å². The molecule has 0 amide bonds. The van der Waals surface area contributed by atoms with Crippen LogP contribution in [0.1, 0.15) is 25.0 Å². The van der Waals surface area contributed by atoms with Crippen molar-refractivity contribution in [2.45, 2.75) is 30.8 Å². The molecule has 3 aromatic heterocycles. The monoisotopic (exact) mass is 419 g/mol. The van der Waals surface area contributed by atoms with Crippen LogP contribution in [-0.4, -0.2) is 25.0 Å². The molecule has 0 saturated heterocycles. The van der Waals surface area contributed by atoms with E-state index in [9.17, 15) is 4.39 Å². The van der Waals surface area contributed by atoms with Crippen LogP contribution in [0.3, 0.4) is 0 Å². The molecule has 3 heterocycles. The molecule has 144 valence electrons. The van der Waals surface area contributed by atoms with E-state index in [4.69, 9.17) is 20.4 Å². The fraction of sp³-hybridized carbons (Fsp3) is 0.222. The normalized spacial score (nSPS) is 12.4. The minimum Gasteiger partial charge on any atom is -0.461 e. The number of thioether (sulfide) groups is 1. The summed E-state index contributed by atoms with van der Waals surface area (Å²) in [6.45, 7) is 4.57. The molecule has 1 atom stereocenters. The topological polar surface area (TPSA) is 82.8 Å². The van der Waals surface area contributed by atoms with Gasteiger partial charge in [-0.05, 0) is 44.2 Å². The van der Waals surface area contributed by atoms with Gasteiger partial charge in [-0.2, -0.15) is 0 Å². The van der Waals surface area contributed by atoms with Gasteiger partial charge in [-0.15, -0.1) is 20.4 Å². The number of nitrogens with zero attached hydrogens (tertiary/aromatic N) is 5. The van der Waals surface area contributed by atoms with Gasteiger partial charge < -0.3 is 8.83 Å². The van der Waals surface area contributed by atoms with Crippen molar-refractivity contribution in [1.29, 1.82) is 0 Å². The highest BCUT2D eigenvalue weighted by molar-refractivity contribution is 7.99. The molecule has 0 fully saturated rings. The van der Waals surface area contributed by atoms with Crippen LogP contribution in [0.5, 0.6) is 0 Å². The lowest BCUT2D eigenvalue weighted by molar-refractivity contribution is 0.504. The van der Waals surface area contributed by atoms with Crippen molar-refractivity contribution < 1.29 is 13.2 Å². The van der Waals surface area contributed by atoms with E-state index in [0.29, 0.717) is 34.2 Å². The third-order valence-corrected chi connectivity index (χ3v) is 5.31. The van der Waals surface area contributed by atoms with E-state index in [0.717, 1.165) is 0 Å². The highest BCUT2D eigenvalue weighted by Crippen LogP contribution is 2.36. The summed E-state index contributed by atoms with van der Waals surface area (Å²) in [5.41, 5.74) is 0.167. The Morgan fingerprint density at radius 1 is 1.21 bits per heavy atom. The van der Waals surface area contributed by atoms with Crippen LogP contribution in [0.4, 0.5) is 4.39 Å². The maximum Gasteiger partial charge on any atom is 0.250 e. The van der Waals surface area contributed by atoms with Crippen molar-refractivity contribution in [3.05, 3.63) is 53.3 Å². The van der Waals surface area contributed by atoms with Crippen molar-refractivity contribution in [2.75, 3.05) is 0 Å². The van der Waals surface area contributed by atoms with Crippen LogP contribution in [0.25, 0.3) is 23.0 Å². The van der Waals surface area contributed by atoms with Crippen LogP contribution in [-0.2, 0) is 6.54 Å². The molecule has 4 rings (SSSR count).